The van der Waals surface area contributed by atoms with E-state index in [1.165, 1.54) is 0 Å². The molecule has 0 radical (unpaired) electrons. The number of carbonyl (C=O) groups is 2. The van der Waals surface area contributed by atoms with Crippen molar-refractivity contribution in [3.63, 3.8) is 0 Å². The van der Waals surface area contributed by atoms with Crippen molar-refractivity contribution in [3.8, 4) is 0 Å². The molecule has 2 amide bonds. The van der Waals surface area contributed by atoms with Gasteiger partial charge in [0.2, 0.25) is 5.91 Å². The van der Waals surface area contributed by atoms with Crippen LogP contribution in [0.25, 0.3) is 0 Å². The van der Waals surface area contributed by atoms with Crippen molar-refractivity contribution in [3.05, 3.63) is 29.8 Å². The maximum Gasteiger partial charge on any atom is 0.254 e. The molecule has 0 spiro atoms. The van der Waals surface area contributed by atoms with Crippen molar-refractivity contribution in [2.45, 2.75) is 32.2 Å². The van der Waals surface area contributed by atoms with Gasteiger partial charge in [0, 0.05) is 44.5 Å². The largest absolute Gasteiger partial charge is 0.378 e. The SMILES string of the molecule is CCCCC1C(=O)N(C)CCN1C(=O)c1ccc(N2CCOCC2)cc1. The predicted octanol–water partition coefficient (Wildman–Crippen LogP) is 2.00. The fourth-order valence-corrected chi connectivity index (χ4v) is 3.63. The molecule has 3 rings (SSSR count). The number of ether oxygens (including phenoxy) is 1. The molecule has 1 atom stereocenters. The van der Waals surface area contributed by atoms with Gasteiger partial charge in [-0.2, -0.15) is 0 Å². The molecule has 2 saturated heterocycles. The van der Waals surface area contributed by atoms with Gasteiger partial charge in [-0.3, -0.25) is 9.59 Å². The first kappa shape index (κ1) is 18.7. The summed E-state index contributed by atoms with van der Waals surface area (Å²) in [5.74, 6) is 0.0177. The lowest BCUT2D eigenvalue weighted by Gasteiger charge is -2.39. The molecule has 142 valence electrons. The molecule has 0 N–H and O–H groups in total. The highest BCUT2D eigenvalue weighted by molar-refractivity contribution is 5.98. The van der Waals surface area contributed by atoms with Gasteiger partial charge in [0.05, 0.1) is 13.2 Å². The number of unbranched alkanes of at least 4 members (excludes halogenated alkanes) is 1. The van der Waals surface area contributed by atoms with E-state index < -0.39 is 0 Å². The zero-order valence-electron chi connectivity index (χ0n) is 15.8. The number of benzene rings is 1. The van der Waals surface area contributed by atoms with Crippen LogP contribution in [0.1, 0.15) is 36.5 Å². The number of nitrogens with zero attached hydrogens (tertiary/aromatic N) is 3. The van der Waals surface area contributed by atoms with Crippen LogP contribution in [0.4, 0.5) is 5.69 Å². The van der Waals surface area contributed by atoms with E-state index in [-0.39, 0.29) is 17.9 Å². The maximum absolute atomic E-state index is 13.0. The van der Waals surface area contributed by atoms with E-state index in [0.717, 1.165) is 51.3 Å². The molecular weight excluding hydrogens is 330 g/mol. The Bertz CT molecular complexity index is 626. The molecule has 26 heavy (non-hydrogen) atoms. The van der Waals surface area contributed by atoms with Gasteiger partial charge >= 0.3 is 0 Å². The van der Waals surface area contributed by atoms with Gasteiger partial charge in [-0.15, -0.1) is 0 Å². The molecular formula is C20H29N3O3. The summed E-state index contributed by atoms with van der Waals surface area (Å²) >= 11 is 0. The number of morpholine rings is 1. The lowest BCUT2D eigenvalue weighted by atomic mass is 10.0. The van der Waals surface area contributed by atoms with E-state index in [0.29, 0.717) is 18.7 Å². The Morgan fingerprint density at radius 2 is 1.81 bits per heavy atom. The summed E-state index contributed by atoms with van der Waals surface area (Å²) in [7, 11) is 1.82. The van der Waals surface area contributed by atoms with Crippen LogP contribution in [-0.2, 0) is 9.53 Å². The standard InChI is InChI=1S/C20H29N3O3/c1-3-4-5-18-20(25)21(2)10-11-23(18)19(24)16-6-8-17(9-7-16)22-12-14-26-15-13-22/h6-9,18H,3-5,10-15H2,1-2H3. The molecule has 2 aliphatic rings. The Hall–Kier alpha value is -2.08. The van der Waals surface area contributed by atoms with Gasteiger partial charge in [0.25, 0.3) is 5.91 Å². The predicted molar refractivity (Wildman–Crippen MR) is 101 cm³/mol. The van der Waals surface area contributed by atoms with E-state index in [4.69, 9.17) is 4.74 Å². The lowest BCUT2D eigenvalue weighted by Crippen LogP contribution is -2.57. The Kier molecular flexibility index (Phi) is 6.14. The molecule has 6 heteroatoms. The number of amides is 2. The smallest absolute Gasteiger partial charge is 0.254 e. The first-order valence-electron chi connectivity index (χ1n) is 9.60. The van der Waals surface area contributed by atoms with Gasteiger partial charge in [-0.25, -0.2) is 0 Å². The van der Waals surface area contributed by atoms with Crippen molar-refractivity contribution in [1.82, 2.24) is 9.80 Å². The third kappa shape index (κ3) is 4.01. The fraction of sp³-hybridized carbons (Fsp3) is 0.600. The second kappa shape index (κ2) is 8.54. The zero-order chi connectivity index (χ0) is 18.5. The van der Waals surface area contributed by atoms with Gasteiger partial charge in [-0.05, 0) is 30.7 Å². The summed E-state index contributed by atoms with van der Waals surface area (Å²) in [5, 5.41) is 0. The maximum atomic E-state index is 13.0. The second-order valence-corrected chi connectivity index (χ2v) is 7.06. The summed E-state index contributed by atoms with van der Waals surface area (Å²) in [6, 6.07) is 7.43. The van der Waals surface area contributed by atoms with Crippen molar-refractivity contribution >= 4 is 17.5 Å². The third-order valence-electron chi connectivity index (χ3n) is 5.30. The molecule has 2 fully saturated rings. The summed E-state index contributed by atoms with van der Waals surface area (Å²) in [4.78, 5) is 31.4. The van der Waals surface area contributed by atoms with Crippen molar-refractivity contribution in [2.24, 2.45) is 0 Å². The van der Waals surface area contributed by atoms with Crippen LogP contribution in [0.3, 0.4) is 0 Å². The molecule has 0 aliphatic carbocycles. The van der Waals surface area contributed by atoms with Crippen LogP contribution in [0, 0.1) is 0 Å². The second-order valence-electron chi connectivity index (χ2n) is 7.06. The Morgan fingerprint density at radius 1 is 1.12 bits per heavy atom. The normalized spacial score (nSPS) is 21.2. The van der Waals surface area contributed by atoms with Gasteiger partial charge in [0.15, 0.2) is 0 Å². The van der Waals surface area contributed by atoms with Crippen LogP contribution >= 0.6 is 0 Å². The number of rotatable bonds is 5. The summed E-state index contributed by atoms with van der Waals surface area (Å²) in [6.45, 7) is 6.53. The number of carbonyl (C=O) groups excluding carboxylic acids is 2. The topological polar surface area (TPSA) is 53.1 Å². The van der Waals surface area contributed by atoms with E-state index in [9.17, 15) is 9.59 Å². The van der Waals surface area contributed by atoms with Crippen LogP contribution in [0.2, 0.25) is 0 Å². The van der Waals surface area contributed by atoms with Crippen LogP contribution in [0.5, 0.6) is 0 Å². The van der Waals surface area contributed by atoms with Gasteiger partial charge in [0.1, 0.15) is 6.04 Å². The number of hydrogen-bond acceptors (Lipinski definition) is 4. The quantitative estimate of drug-likeness (QED) is 0.807. The molecule has 6 nitrogen and oxygen atoms in total. The molecule has 0 bridgehead atoms. The number of anilines is 1. The summed E-state index contributed by atoms with van der Waals surface area (Å²) in [6.07, 6.45) is 2.70. The first-order valence-corrected chi connectivity index (χ1v) is 9.60. The monoisotopic (exact) mass is 359 g/mol. The Labute approximate surface area is 155 Å². The van der Waals surface area contributed by atoms with Crippen molar-refractivity contribution in [2.75, 3.05) is 51.3 Å². The van der Waals surface area contributed by atoms with E-state index in [2.05, 4.69) is 11.8 Å². The average Bonchev–Trinajstić information content (AvgIpc) is 2.69. The molecule has 1 aromatic carbocycles. The summed E-state index contributed by atoms with van der Waals surface area (Å²) in [5.41, 5.74) is 1.77. The fourth-order valence-electron chi connectivity index (χ4n) is 3.63. The zero-order valence-corrected chi connectivity index (χ0v) is 15.8. The molecule has 1 unspecified atom stereocenters. The number of hydrogen-bond donors (Lipinski definition) is 0. The molecule has 0 aromatic heterocycles. The highest BCUT2D eigenvalue weighted by Crippen LogP contribution is 2.21. The average molecular weight is 359 g/mol. The molecule has 2 heterocycles. The minimum Gasteiger partial charge on any atom is -0.378 e. The third-order valence-corrected chi connectivity index (χ3v) is 5.30. The summed E-state index contributed by atoms with van der Waals surface area (Å²) < 4.78 is 5.39. The minimum atomic E-state index is -0.333. The molecule has 0 saturated carbocycles. The number of piperazine rings is 1. The van der Waals surface area contributed by atoms with Crippen LogP contribution in [0.15, 0.2) is 24.3 Å². The molecule has 1 aromatic rings. The Balaban J connectivity index is 1.72. The molecule has 2 aliphatic heterocycles. The van der Waals surface area contributed by atoms with Crippen LogP contribution < -0.4 is 4.90 Å². The van der Waals surface area contributed by atoms with E-state index in [1.54, 1.807) is 9.80 Å². The highest BCUT2D eigenvalue weighted by atomic mass is 16.5. The van der Waals surface area contributed by atoms with Crippen LogP contribution in [-0.4, -0.2) is 74.1 Å². The van der Waals surface area contributed by atoms with Gasteiger partial charge < -0.3 is 19.4 Å². The minimum absolute atomic E-state index is 0.0407. The van der Waals surface area contributed by atoms with Crippen molar-refractivity contribution in [1.29, 1.82) is 0 Å². The highest BCUT2D eigenvalue weighted by Gasteiger charge is 2.35. The lowest BCUT2D eigenvalue weighted by molar-refractivity contribution is -0.138. The van der Waals surface area contributed by atoms with Crippen molar-refractivity contribution < 1.29 is 14.3 Å². The van der Waals surface area contributed by atoms with Gasteiger partial charge in [-0.1, -0.05) is 19.8 Å². The van der Waals surface area contributed by atoms with E-state index in [1.807, 2.05) is 31.3 Å². The van der Waals surface area contributed by atoms with E-state index >= 15 is 0 Å². The number of likely N-dealkylation sites (N-methyl/N-ethyl adjacent to an activating group) is 1. The Morgan fingerprint density at radius 3 is 2.46 bits per heavy atom. The first-order chi connectivity index (χ1) is 12.6.